The van der Waals surface area contributed by atoms with Crippen LogP contribution < -0.4 is 23.7 Å². The monoisotopic (exact) mass is 404 g/mol. The van der Waals surface area contributed by atoms with Gasteiger partial charge in [0.05, 0.1) is 0 Å². The zero-order valence-corrected chi connectivity index (χ0v) is 14.9. The van der Waals surface area contributed by atoms with Crippen molar-refractivity contribution in [3.8, 4) is 11.5 Å². The molecule has 0 bridgehead atoms. The molecule has 2 aromatic rings. The number of hydrogen-bond donors (Lipinski definition) is 0. The molecule has 0 aliphatic carbocycles. The first-order valence-electron chi connectivity index (χ1n) is 5.79. The van der Waals surface area contributed by atoms with Crippen LogP contribution in [0, 0.1) is 0 Å². The Labute approximate surface area is 126 Å². The van der Waals surface area contributed by atoms with Crippen molar-refractivity contribution in [2.75, 3.05) is 14.2 Å². The average Bonchev–Trinajstić information content (AvgIpc) is 2.92. The Morgan fingerprint density at radius 3 is 1.79 bits per heavy atom. The summed E-state index contributed by atoms with van der Waals surface area (Å²) in [4.78, 5) is 0. The molecule has 3 rings (SSSR count). The second kappa shape index (κ2) is 5.87. The van der Waals surface area contributed by atoms with Gasteiger partial charge < -0.3 is 0 Å². The topological polar surface area (TPSA) is 18.5 Å². The SMILES string of the molecule is COc1ccc(OC)c2c1[Se]P(c1ccccc1)[Se]2. The van der Waals surface area contributed by atoms with Gasteiger partial charge in [-0.15, -0.1) is 0 Å². The van der Waals surface area contributed by atoms with E-state index in [1.807, 2.05) is 12.1 Å². The molecule has 0 atom stereocenters. The fourth-order valence-electron chi connectivity index (χ4n) is 1.86. The van der Waals surface area contributed by atoms with E-state index in [4.69, 9.17) is 9.47 Å². The van der Waals surface area contributed by atoms with Gasteiger partial charge in [0.25, 0.3) is 0 Å². The van der Waals surface area contributed by atoms with Crippen LogP contribution in [0.2, 0.25) is 0 Å². The molecule has 19 heavy (non-hydrogen) atoms. The van der Waals surface area contributed by atoms with E-state index in [1.165, 1.54) is 14.2 Å². The molecule has 1 heterocycles. The van der Waals surface area contributed by atoms with Crippen molar-refractivity contribution in [2.45, 2.75) is 0 Å². The molecule has 98 valence electrons. The summed E-state index contributed by atoms with van der Waals surface area (Å²) < 4.78 is 13.9. The zero-order valence-electron chi connectivity index (χ0n) is 10.6. The van der Waals surface area contributed by atoms with E-state index in [1.54, 1.807) is 14.2 Å². The minimum absolute atomic E-state index is 0.0459. The van der Waals surface area contributed by atoms with Crippen LogP contribution in [-0.2, 0) is 0 Å². The van der Waals surface area contributed by atoms with Crippen molar-refractivity contribution >= 4 is 48.6 Å². The van der Waals surface area contributed by atoms with Gasteiger partial charge in [-0.1, -0.05) is 0 Å². The number of benzene rings is 2. The second-order valence-electron chi connectivity index (χ2n) is 3.90. The molecule has 0 saturated carbocycles. The van der Waals surface area contributed by atoms with E-state index >= 15 is 0 Å². The Morgan fingerprint density at radius 2 is 1.32 bits per heavy atom. The Balaban J connectivity index is 1.99. The zero-order chi connectivity index (χ0) is 13.2. The number of methoxy groups -OCH3 is 2. The first kappa shape index (κ1) is 13.5. The van der Waals surface area contributed by atoms with Gasteiger partial charge >= 0.3 is 126 Å². The number of hydrogen-bond acceptors (Lipinski definition) is 2. The molecular weight excluding hydrogens is 389 g/mol. The van der Waals surface area contributed by atoms with Crippen LogP contribution in [0.25, 0.3) is 0 Å². The maximum absolute atomic E-state index is 5.52. The first-order chi connectivity index (χ1) is 9.33. The summed E-state index contributed by atoms with van der Waals surface area (Å²) >= 11 is 0.984. The summed E-state index contributed by atoms with van der Waals surface area (Å²) in [7, 11) is 3.52. The van der Waals surface area contributed by atoms with Gasteiger partial charge in [-0.25, -0.2) is 0 Å². The third kappa shape index (κ3) is 2.57. The number of fused-ring (bicyclic) bond motifs is 1. The van der Waals surface area contributed by atoms with Crippen molar-refractivity contribution in [3.05, 3.63) is 42.5 Å². The Morgan fingerprint density at radius 1 is 0.789 bits per heavy atom. The van der Waals surface area contributed by atoms with Crippen LogP contribution in [0.1, 0.15) is 0 Å². The summed E-state index contributed by atoms with van der Waals surface area (Å²) in [6.07, 6.45) is 0. The quantitative estimate of drug-likeness (QED) is 0.564. The van der Waals surface area contributed by atoms with Crippen LogP contribution in [0.4, 0.5) is 0 Å². The Hall–Kier alpha value is -0.491. The van der Waals surface area contributed by atoms with E-state index in [-0.39, 0.29) is 5.30 Å². The standard InChI is InChI=1S/C14H13O2PSe2/c1-15-11-8-9-12(16-2)14-13(11)18-17(19-14)10-6-4-3-5-7-10/h3-9H,1-2H3. The molecule has 2 aromatic carbocycles. The summed E-state index contributed by atoms with van der Waals surface area (Å²) in [5.74, 6) is 2.08. The molecule has 1 aliphatic heterocycles. The molecule has 0 saturated heterocycles. The Bertz CT molecular complexity index is 556. The van der Waals surface area contributed by atoms with Crippen LogP contribution in [0.5, 0.6) is 11.5 Å². The van der Waals surface area contributed by atoms with Crippen molar-refractivity contribution in [2.24, 2.45) is 0 Å². The molecule has 2 nitrogen and oxygen atoms in total. The molecule has 1 aliphatic rings. The predicted octanol–water partition coefficient (Wildman–Crippen LogP) is 1.01. The van der Waals surface area contributed by atoms with Gasteiger partial charge in [0.1, 0.15) is 0 Å². The molecule has 0 fully saturated rings. The van der Waals surface area contributed by atoms with E-state index in [0.717, 1.165) is 11.5 Å². The average molecular weight is 402 g/mol. The molecular formula is C14H13O2PSe2. The molecule has 0 radical (unpaired) electrons. The van der Waals surface area contributed by atoms with Crippen LogP contribution >= 0.6 is 5.30 Å². The van der Waals surface area contributed by atoms with E-state index in [0.29, 0.717) is 29.0 Å². The van der Waals surface area contributed by atoms with Gasteiger partial charge in [0, 0.05) is 0 Å². The Kier molecular flexibility index (Phi) is 4.17. The van der Waals surface area contributed by atoms with Crippen LogP contribution in [0.15, 0.2) is 42.5 Å². The second-order valence-corrected chi connectivity index (χ2v) is 17.4. The van der Waals surface area contributed by atoms with E-state index in [2.05, 4.69) is 30.3 Å². The van der Waals surface area contributed by atoms with Crippen molar-refractivity contribution in [3.63, 3.8) is 0 Å². The molecule has 0 amide bonds. The van der Waals surface area contributed by atoms with Crippen molar-refractivity contribution in [1.82, 2.24) is 0 Å². The minimum atomic E-state index is -0.0459. The predicted molar refractivity (Wildman–Crippen MR) is 83.3 cm³/mol. The number of rotatable bonds is 3. The fraction of sp³-hybridized carbons (Fsp3) is 0.143. The normalized spacial score (nSPS) is 14.2. The van der Waals surface area contributed by atoms with E-state index in [9.17, 15) is 0 Å². The van der Waals surface area contributed by atoms with Crippen LogP contribution in [0.3, 0.4) is 0 Å². The van der Waals surface area contributed by atoms with Gasteiger partial charge in [-0.05, 0) is 0 Å². The summed E-state index contributed by atoms with van der Waals surface area (Å²) in [5, 5.41) is 1.47. The molecule has 5 heteroatoms. The van der Waals surface area contributed by atoms with Crippen molar-refractivity contribution in [1.29, 1.82) is 0 Å². The van der Waals surface area contributed by atoms with Crippen LogP contribution in [-0.4, -0.2) is 43.2 Å². The first-order valence-corrected chi connectivity index (χ1v) is 13.3. The molecule has 0 aromatic heterocycles. The van der Waals surface area contributed by atoms with Gasteiger partial charge in [0.2, 0.25) is 0 Å². The van der Waals surface area contributed by atoms with Crippen molar-refractivity contribution < 1.29 is 9.47 Å². The van der Waals surface area contributed by atoms with Gasteiger partial charge in [0.15, 0.2) is 0 Å². The maximum atomic E-state index is 5.52. The van der Waals surface area contributed by atoms with Gasteiger partial charge in [-0.2, -0.15) is 0 Å². The van der Waals surface area contributed by atoms with Gasteiger partial charge in [-0.3, -0.25) is 0 Å². The summed E-state index contributed by atoms with van der Waals surface area (Å²) in [6, 6.07) is 15.0. The molecule has 0 unspecified atom stereocenters. The summed E-state index contributed by atoms with van der Waals surface area (Å²) in [5.41, 5.74) is 0. The molecule has 0 spiro atoms. The number of ether oxygens (including phenoxy) is 2. The third-order valence-electron chi connectivity index (χ3n) is 2.80. The fourth-order valence-corrected chi connectivity index (χ4v) is 20.1. The molecule has 0 N–H and O–H groups in total. The summed E-state index contributed by atoms with van der Waals surface area (Å²) in [6.45, 7) is 0. The van der Waals surface area contributed by atoms with E-state index < -0.39 is 0 Å². The third-order valence-corrected chi connectivity index (χ3v) is 18.5.